The van der Waals surface area contributed by atoms with E-state index in [2.05, 4.69) is 15.2 Å². The van der Waals surface area contributed by atoms with Gasteiger partial charge in [-0.3, -0.25) is 4.79 Å². The lowest BCUT2D eigenvalue weighted by Crippen LogP contribution is -2.45. The molecule has 0 saturated carbocycles. The van der Waals surface area contributed by atoms with Crippen LogP contribution in [-0.4, -0.2) is 49.4 Å². The average Bonchev–Trinajstić information content (AvgIpc) is 2.92. The Morgan fingerprint density at radius 2 is 1.83 bits per heavy atom. The smallest absolute Gasteiger partial charge is 0.257 e. The first-order valence-corrected chi connectivity index (χ1v) is 10.1. The molecule has 7 nitrogen and oxygen atoms in total. The summed E-state index contributed by atoms with van der Waals surface area (Å²) in [5, 5.41) is 3.22. The third-order valence-electron chi connectivity index (χ3n) is 4.84. The first-order chi connectivity index (χ1) is 14.0. The molecule has 4 rings (SSSR count). The van der Waals surface area contributed by atoms with Crippen molar-refractivity contribution >= 4 is 29.0 Å². The quantitative estimate of drug-likeness (QED) is 0.819. The summed E-state index contributed by atoms with van der Waals surface area (Å²) in [6.07, 6.45) is 2.66. The minimum Gasteiger partial charge on any atom is -0.490 e. The van der Waals surface area contributed by atoms with Crippen molar-refractivity contribution in [2.75, 3.05) is 36.5 Å². The molecule has 2 aliphatic heterocycles. The summed E-state index contributed by atoms with van der Waals surface area (Å²) in [6.45, 7) is 6.78. The lowest BCUT2D eigenvalue weighted by Gasteiger charge is -2.36. The van der Waals surface area contributed by atoms with E-state index in [1.807, 2.05) is 19.9 Å². The van der Waals surface area contributed by atoms with Gasteiger partial charge in [0, 0.05) is 37.8 Å². The molecule has 2 aliphatic rings. The monoisotopic (exact) mass is 417 g/mol. The lowest BCUT2D eigenvalue weighted by molar-refractivity contribution is -0.00546. The molecular formula is C21H24ClN3O4. The fourth-order valence-corrected chi connectivity index (χ4v) is 3.75. The zero-order chi connectivity index (χ0) is 20.4. The van der Waals surface area contributed by atoms with Gasteiger partial charge in [-0.2, -0.15) is 0 Å². The average molecular weight is 418 g/mol. The second-order valence-corrected chi connectivity index (χ2v) is 7.76. The molecule has 0 radical (unpaired) electrons. The Bertz CT molecular complexity index is 880. The number of fused-ring (bicyclic) bond motifs is 1. The summed E-state index contributed by atoms with van der Waals surface area (Å²) in [5.74, 6) is 1.71. The molecule has 1 N–H and O–H groups in total. The maximum absolute atomic E-state index is 12.7. The molecule has 2 unspecified atom stereocenters. The van der Waals surface area contributed by atoms with Gasteiger partial charge in [0.1, 0.15) is 5.82 Å². The summed E-state index contributed by atoms with van der Waals surface area (Å²) in [7, 11) is 0. The number of pyridine rings is 1. The lowest BCUT2D eigenvalue weighted by atomic mass is 10.2. The molecule has 1 amide bonds. The first kappa shape index (κ1) is 19.8. The van der Waals surface area contributed by atoms with Crippen LogP contribution in [0.4, 0.5) is 11.5 Å². The number of rotatable bonds is 3. The van der Waals surface area contributed by atoms with Crippen LogP contribution >= 0.6 is 11.6 Å². The summed E-state index contributed by atoms with van der Waals surface area (Å²) >= 11 is 6.32. The van der Waals surface area contributed by atoms with Crippen molar-refractivity contribution in [3.05, 3.63) is 41.0 Å². The highest BCUT2D eigenvalue weighted by Crippen LogP contribution is 2.37. The van der Waals surface area contributed by atoms with E-state index in [-0.39, 0.29) is 18.1 Å². The standard InChI is InChI=1S/C21H24ClN3O4/c1-13-11-25(12-14(2)29-13)20-5-4-15(10-23-20)21(26)24-17-9-19-18(8-16(17)22)27-6-3-7-28-19/h4-5,8-10,13-14H,3,6-7,11-12H2,1-2H3,(H,24,26). The highest BCUT2D eigenvalue weighted by atomic mass is 35.5. The van der Waals surface area contributed by atoms with Crippen LogP contribution < -0.4 is 19.7 Å². The molecule has 1 fully saturated rings. The van der Waals surface area contributed by atoms with Gasteiger partial charge < -0.3 is 24.4 Å². The molecule has 29 heavy (non-hydrogen) atoms. The number of nitrogens with one attached hydrogen (secondary N) is 1. The number of anilines is 2. The highest BCUT2D eigenvalue weighted by molar-refractivity contribution is 6.34. The number of benzene rings is 1. The van der Waals surface area contributed by atoms with Gasteiger partial charge in [0.05, 0.1) is 41.7 Å². The summed E-state index contributed by atoms with van der Waals surface area (Å²) < 4.78 is 17.0. The zero-order valence-electron chi connectivity index (χ0n) is 16.5. The fraction of sp³-hybridized carbons (Fsp3) is 0.429. The first-order valence-electron chi connectivity index (χ1n) is 9.76. The number of carbonyl (C=O) groups excluding carboxylic acids is 1. The molecule has 0 bridgehead atoms. The number of aromatic nitrogens is 1. The minimum atomic E-state index is -0.288. The Labute approximate surface area is 174 Å². The van der Waals surface area contributed by atoms with E-state index in [0.29, 0.717) is 41.0 Å². The second kappa shape index (κ2) is 8.47. The number of hydrogen-bond acceptors (Lipinski definition) is 6. The summed E-state index contributed by atoms with van der Waals surface area (Å²) in [6, 6.07) is 6.98. The number of hydrogen-bond donors (Lipinski definition) is 1. The van der Waals surface area contributed by atoms with E-state index in [1.165, 1.54) is 0 Å². The molecule has 8 heteroatoms. The SMILES string of the molecule is CC1CN(c2ccc(C(=O)Nc3cc4c(cc3Cl)OCCCO4)cn2)CC(C)O1. The third-order valence-corrected chi connectivity index (χ3v) is 5.15. The molecule has 1 aromatic carbocycles. The van der Waals surface area contributed by atoms with Crippen LogP contribution in [0.1, 0.15) is 30.6 Å². The van der Waals surface area contributed by atoms with E-state index < -0.39 is 0 Å². The van der Waals surface area contributed by atoms with E-state index in [1.54, 1.807) is 24.4 Å². The number of halogens is 1. The molecule has 3 heterocycles. The summed E-state index contributed by atoms with van der Waals surface area (Å²) in [5.41, 5.74) is 0.923. The van der Waals surface area contributed by atoms with Gasteiger partial charge in [0.2, 0.25) is 0 Å². The van der Waals surface area contributed by atoms with Gasteiger partial charge in [-0.15, -0.1) is 0 Å². The topological polar surface area (TPSA) is 72.9 Å². The largest absolute Gasteiger partial charge is 0.490 e. The van der Waals surface area contributed by atoms with Gasteiger partial charge in [-0.05, 0) is 26.0 Å². The number of amides is 1. The summed E-state index contributed by atoms with van der Waals surface area (Å²) in [4.78, 5) is 19.3. The number of carbonyl (C=O) groups is 1. The Balaban J connectivity index is 1.47. The van der Waals surface area contributed by atoms with Crippen LogP contribution in [0.25, 0.3) is 0 Å². The fourth-order valence-electron chi connectivity index (χ4n) is 3.55. The van der Waals surface area contributed by atoms with Crippen molar-refractivity contribution in [1.82, 2.24) is 4.98 Å². The van der Waals surface area contributed by atoms with Crippen LogP contribution in [0, 0.1) is 0 Å². The number of nitrogens with zero attached hydrogens (tertiary/aromatic N) is 2. The predicted octanol–water partition coefficient (Wildman–Crippen LogP) is 3.76. The minimum absolute atomic E-state index is 0.144. The number of morpholine rings is 1. The maximum Gasteiger partial charge on any atom is 0.257 e. The van der Waals surface area contributed by atoms with Crippen LogP contribution in [0.2, 0.25) is 5.02 Å². The van der Waals surface area contributed by atoms with Crippen LogP contribution in [0.5, 0.6) is 11.5 Å². The molecule has 1 aromatic heterocycles. The van der Waals surface area contributed by atoms with Gasteiger partial charge in [0.25, 0.3) is 5.91 Å². The molecule has 0 spiro atoms. The molecule has 0 aliphatic carbocycles. The molecule has 2 atom stereocenters. The van der Waals surface area contributed by atoms with E-state index in [0.717, 1.165) is 25.3 Å². The predicted molar refractivity (Wildman–Crippen MR) is 111 cm³/mol. The molecule has 1 saturated heterocycles. The Kier molecular flexibility index (Phi) is 5.78. The van der Waals surface area contributed by atoms with Crippen molar-refractivity contribution in [1.29, 1.82) is 0 Å². The number of ether oxygens (including phenoxy) is 3. The zero-order valence-corrected chi connectivity index (χ0v) is 17.2. The van der Waals surface area contributed by atoms with Crippen molar-refractivity contribution in [3.63, 3.8) is 0 Å². The third kappa shape index (κ3) is 4.57. The van der Waals surface area contributed by atoms with Gasteiger partial charge in [-0.1, -0.05) is 11.6 Å². The second-order valence-electron chi connectivity index (χ2n) is 7.35. The van der Waals surface area contributed by atoms with Gasteiger partial charge in [0.15, 0.2) is 11.5 Å². The van der Waals surface area contributed by atoms with Gasteiger partial charge in [-0.25, -0.2) is 4.98 Å². The molecular weight excluding hydrogens is 394 g/mol. The Morgan fingerprint density at radius 1 is 1.14 bits per heavy atom. The van der Waals surface area contributed by atoms with Crippen LogP contribution in [0.15, 0.2) is 30.5 Å². The van der Waals surface area contributed by atoms with E-state index in [9.17, 15) is 4.79 Å². The normalized spacial score (nSPS) is 21.4. The Morgan fingerprint density at radius 3 is 2.48 bits per heavy atom. The molecule has 2 aromatic rings. The van der Waals surface area contributed by atoms with Gasteiger partial charge >= 0.3 is 0 Å². The van der Waals surface area contributed by atoms with Crippen LogP contribution in [0.3, 0.4) is 0 Å². The highest BCUT2D eigenvalue weighted by Gasteiger charge is 2.23. The molecule has 154 valence electrons. The van der Waals surface area contributed by atoms with E-state index in [4.69, 9.17) is 25.8 Å². The maximum atomic E-state index is 12.7. The van der Waals surface area contributed by atoms with Crippen molar-refractivity contribution in [2.24, 2.45) is 0 Å². The van der Waals surface area contributed by atoms with E-state index >= 15 is 0 Å². The van der Waals surface area contributed by atoms with Crippen LogP contribution in [-0.2, 0) is 4.74 Å². The Hall–Kier alpha value is -2.51. The van der Waals surface area contributed by atoms with Crippen molar-refractivity contribution < 1.29 is 19.0 Å². The van der Waals surface area contributed by atoms with Crippen molar-refractivity contribution in [3.8, 4) is 11.5 Å². The van der Waals surface area contributed by atoms with Crippen molar-refractivity contribution in [2.45, 2.75) is 32.5 Å².